The number of phosphoric ester groups is 1. The monoisotopic (exact) mass is 580 g/mol. The van der Waals surface area contributed by atoms with Crippen molar-refractivity contribution in [2.45, 2.75) is 123 Å². The van der Waals surface area contributed by atoms with Crippen LogP contribution in [0.2, 0.25) is 0 Å². The van der Waals surface area contributed by atoms with Gasteiger partial charge in [0.1, 0.15) is 19.3 Å². The second-order valence-electron chi connectivity index (χ2n) is 11.5. The fourth-order valence-electron chi connectivity index (χ4n) is 4.11. The first-order valence-corrected chi connectivity index (χ1v) is 17.0. The van der Waals surface area contributed by atoms with Crippen LogP contribution in [0.4, 0.5) is 4.79 Å². The molecule has 0 spiro atoms. The summed E-state index contributed by atoms with van der Waals surface area (Å²) >= 11 is 0. The third-order valence-electron chi connectivity index (χ3n) is 6.49. The first-order chi connectivity index (χ1) is 18.6. The van der Waals surface area contributed by atoms with Crippen LogP contribution in [-0.4, -0.2) is 77.3 Å². The molecule has 234 valence electrons. The maximum atomic E-state index is 12.3. The van der Waals surface area contributed by atoms with Gasteiger partial charge < -0.3 is 33.2 Å². The van der Waals surface area contributed by atoms with Gasteiger partial charge in [-0.1, -0.05) is 103 Å². The van der Waals surface area contributed by atoms with Crippen molar-refractivity contribution >= 4 is 13.9 Å². The predicted octanol–water partition coefficient (Wildman–Crippen LogP) is 6.59. The number of alkyl carbamates (subject to hydrolysis) is 1. The first-order valence-electron chi connectivity index (χ1n) is 15.5. The minimum Gasteiger partial charge on any atom is -0.756 e. The number of carbonyl (C=O) groups is 1. The standard InChI is InChI=1S/C29H61N2O7P/c1-6-8-9-10-11-12-13-14-15-16-17-18-19-20-21-22-24-35-27-28(26-30-29(32)36-7-2)38-39(33,34)37-25-23-31(3,4)5/h28H,6-27H2,1-5H3,(H-,30,32,33,34). The summed E-state index contributed by atoms with van der Waals surface area (Å²) in [6.45, 7) is 5.22. The summed E-state index contributed by atoms with van der Waals surface area (Å²) in [6, 6.07) is 0. The van der Waals surface area contributed by atoms with Crippen LogP contribution in [0.3, 0.4) is 0 Å². The zero-order valence-corrected chi connectivity index (χ0v) is 26.8. The molecule has 0 rings (SSSR count). The highest BCUT2D eigenvalue weighted by molar-refractivity contribution is 7.45. The highest BCUT2D eigenvalue weighted by Gasteiger charge is 2.21. The zero-order valence-electron chi connectivity index (χ0n) is 25.9. The largest absolute Gasteiger partial charge is 0.756 e. The third kappa shape index (κ3) is 28.6. The molecule has 0 aromatic carbocycles. The molecule has 0 fully saturated rings. The minimum absolute atomic E-state index is 0.0162. The molecule has 0 aliphatic carbocycles. The van der Waals surface area contributed by atoms with Crippen molar-refractivity contribution in [1.29, 1.82) is 0 Å². The summed E-state index contributed by atoms with van der Waals surface area (Å²) in [6.07, 6.45) is 19.4. The molecule has 9 nitrogen and oxygen atoms in total. The van der Waals surface area contributed by atoms with Crippen LogP contribution in [0.15, 0.2) is 0 Å². The van der Waals surface area contributed by atoms with E-state index in [2.05, 4.69) is 12.2 Å². The molecule has 0 radical (unpaired) electrons. The number of hydrogen-bond donors (Lipinski definition) is 1. The van der Waals surface area contributed by atoms with Crippen molar-refractivity contribution < 1.29 is 37.3 Å². The second-order valence-corrected chi connectivity index (χ2v) is 12.9. The highest BCUT2D eigenvalue weighted by atomic mass is 31.2. The number of rotatable bonds is 28. The number of phosphoric acid groups is 1. The van der Waals surface area contributed by atoms with Crippen molar-refractivity contribution in [2.24, 2.45) is 0 Å². The third-order valence-corrected chi connectivity index (χ3v) is 7.54. The van der Waals surface area contributed by atoms with Crippen molar-refractivity contribution in [3.63, 3.8) is 0 Å². The van der Waals surface area contributed by atoms with Crippen LogP contribution in [0, 0.1) is 0 Å². The van der Waals surface area contributed by atoms with Crippen molar-refractivity contribution in [3.05, 3.63) is 0 Å². The molecule has 0 saturated heterocycles. The Hall–Kier alpha value is -0.700. The molecular formula is C29H61N2O7P. The number of likely N-dealkylation sites (N-methyl/N-ethyl adjacent to an activating group) is 1. The number of nitrogens with one attached hydrogen (secondary N) is 1. The van der Waals surface area contributed by atoms with Crippen molar-refractivity contribution in [3.8, 4) is 0 Å². The summed E-state index contributed by atoms with van der Waals surface area (Å²) in [5.41, 5.74) is 0. The molecule has 0 aromatic rings. The molecule has 0 bridgehead atoms. The van der Waals surface area contributed by atoms with Gasteiger partial charge >= 0.3 is 6.09 Å². The average Bonchev–Trinajstić information content (AvgIpc) is 2.85. The zero-order chi connectivity index (χ0) is 29.2. The van der Waals surface area contributed by atoms with Crippen LogP contribution in [0.1, 0.15) is 117 Å². The van der Waals surface area contributed by atoms with Gasteiger partial charge in [0.25, 0.3) is 7.82 Å². The van der Waals surface area contributed by atoms with Gasteiger partial charge in [0, 0.05) is 13.2 Å². The van der Waals surface area contributed by atoms with Crippen LogP contribution in [-0.2, 0) is 23.1 Å². The van der Waals surface area contributed by atoms with E-state index in [-0.39, 0.29) is 26.4 Å². The molecule has 0 aliphatic rings. The lowest BCUT2D eigenvalue weighted by molar-refractivity contribution is -0.870. The lowest BCUT2D eigenvalue weighted by Crippen LogP contribution is -2.39. The number of quaternary nitrogens is 1. The second kappa shape index (κ2) is 25.0. The summed E-state index contributed by atoms with van der Waals surface area (Å²) in [4.78, 5) is 23.9. The maximum Gasteiger partial charge on any atom is 0.407 e. The Labute approximate surface area is 239 Å². The Balaban J connectivity index is 3.94. The van der Waals surface area contributed by atoms with Crippen LogP contribution >= 0.6 is 7.82 Å². The van der Waals surface area contributed by atoms with E-state index < -0.39 is 20.0 Å². The van der Waals surface area contributed by atoms with Gasteiger partial charge in [-0.3, -0.25) is 4.57 Å². The number of ether oxygens (including phenoxy) is 2. The van der Waals surface area contributed by atoms with Crippen LogP contribution in [0.5, 0.6) is 0 Å². The Bertz CT molecular complexity index is 617. The number of carbonyl (C=O) groups excluding carboxylic acids is 1. The average molecular weight is 581 g/mol. The molecule has 1 N–H and O–H groups in total. The van der Waals surface area contributed by atoms with E-state index in [0.717, 1.165) is 12.8 Å². The Kier molecular flexibility index (Phi) is 24.6. The fraction of sp³-hybridized carbons (Fsp3) is 0.966. The minimum atomic E-state index is -4.54. The lowest BCUT2D eigenvalue weighted by atomic mass is 10.0. The summed E-state index contributed by atoms with van der Waals surface area (Å²) in [7, 11) is 1.29. The summed E-state index contributed by atoms with van der Waals surface area (Å²) < 4.78 is 33.5. The Morgan fingerprint density at radius 3 is 1.74 bits per heavy atom. The highest BCUT2D eigenvalue weighted by Crippen LogP contribution is 2.39. The number of nitrogens with zero attached hydrogens (tertiary/aromatic N) is 1. The van der Waals surface area contributed by atoms with E-state index in [9.17, 15) is 14.3 Å². The normalized spacial score (nSPS) is 14.2. The SMILES string of the molecule is CCCCCCCCCCCCCCCCCCOCC(CNC(=O)OCC)OP(=O)([O-])OCC[N+](C)(C)C. The molecule has 1 amide bonds. The van der Waals surface area contributed by atoms with E-state index in [0.29, 0.717) is 17.6 Å². The fourth-order valence-corrected chi connectivity index (χ4v) is 4.98. The molecule has 39 heavy (non-hydrogen) atoms. The molecular weight excluding hydrogens is 519 g/mol. The predicted molar refractivity (Wildman–Crippen MR) is 157 cm³/mol. The Morgan fingerprint density at radius 1 is 0.795 bits per heavy atom. The number of amides is 1. The van der Waals surface area contributed by atoms with Gasteiger partial charge in [0.05, 0.1) is 34.4 Å². The molecule has 0 saturated carbocycles. The van der Waals surface area contributed by atoms with E-state index in [1.165, 1.54) is 89.9 Å². The van der Waals surface area contributed by atoms with Gasteiger partial charge in [-0.2, -0.15) is 0 Å². The first kappa shape index (κ1) is 38.3. The lowest BCUT2D eigenvalue weighted by Gasteiger charge is -2.30. The summed E-state index contributed by atoms with van der Waals surface area (Å²) in [5, 5.41) is 2.51. The van der Waals surface area contributed by atoms with Gasteiger partial charge in [-0.05, 0) is 13.3 Å². The van der Waals surface area contributed by atoms with Crippen molar-refractivity contribution in [2.75, 3.05) is 60.7 Å². The topological polar surface area (TPSA) is 106 Å². The van der Waals surface area contributed by atoms with Crippen LogP contribution in [0.25, 0.3) is 0 Å². The van der Waals surface area contributed by atoms with E-state index in [4.69, 9.17) is 18.5 Å². The van der Waals surface area contributed by atoms with E-state index >= 15 is 0 Å². The van der Waals surface area contributed by atoms with E-state index in [1.54, 1.807) is 6.92 Å². The van der Waals surface area contributed by atoms with E-state index in [1.807, 2.05) is 21.1 Å². The van der Waals surface area contributed by atoms with Crippen molar-refractivity contribution in [1.82, 2.24) is 5.32 Å². The molecule has 0 aromatic heterocycles. The maximum absolute atomic E-state index is 12.3. The van der Waals surface area contributed by atoms with Gasteiger partial charge in [0.15, 0.2) is 0 Å². The van der Waals surface area contributed by atoms with Gasteiger partial charge in [-0.15, -0.1) is 0 Å². The number of unbranched alkanes of at least 4 members (excludes halogenated alkanes) is 15. The van der Waals surface area contributed by atoms with Gasteiger partial charge in [-0.25, -0.2) is 4.79 Å². The van der Waals surface area contributed by atoms with Crippen LogP contribution < -0.4 is 10.2 Å². The molecule has 0 heterocycles. The molecule has 2 unspecified atom stereocenters. The Morgan fingerprint density at radius 2 is 1.28 bits per heavy atom. The quantitative estimate of drug-likeness (QED) is 0.0632. The van der Waals surface area contributed by atoms with Gasteiger partial charge in [0.2, 0.25) is 0 Å². The molecule has 2 atom stereocenters. The number of hydrogen-bond acceptors (Lipinski definition) is 7. The smallest absolute Gasteiger partial charge is 0.407 e. The summed E-state index contributed by atoms with van der Waals surface area (Å²) in [5.74, 6) is 0. The molecule has 10 heteroatoms. The molecule has 0 aliphatic heterocycles.